The summed E-state index contributed by atoms with van der Waals surface area (Å²) in [5.41, 5.74) is 4.06. The van der Waals surface area contributed by atoms with Crippen molar-refractivity contribution in [3.8, 4) is 5.75 Å². The highest BCUT2D eigenvalue weighted by molar-refractivity contribution is 7.07. The Bertz CT molecular complexity index is 497. The van der Waals surface area contributed by atoms with Crippen LogP contribution in [0.1, 0.15) is 38.1 Å². The number of para-hydroxylation sites is 1. The summed E-state index contributed by atoms with van der Waals surface area (Å²) in [7, 11) is 0. The number of nitrogens with one attached hydrogen (secondary N) is 1. The van der Waals surface area contributed by atoms with Crippen molar-refractivity contribution in [1.29, 1.82) is 0 Å². The third-order valence-corrected chi connectivity index (χ3v) is 3.35. The number of hydrogen-bond donors (Lipinski definition) is 1. The van der Waals surface area contributed by atoms with Crippen LogP contribution < -0.4 is 10.1 Å². The van der Waals surface area contributed by atoms with E-state index in [9.17, 15) is 0 Å². The average molecular weight is 276 g/mol. The first-order chi connectivity index (χ1) is 9.22. The van der Waals surface area contributed by atoms with Gasteiger partial charge in [0.05, 0.1) is 23.4 Å². The van der Waals surface area contributed by atoms with E-state index in [1.54, 1.807) is 11.3 Å². The summed E-state index contributed by atoms with van der Waals surface area (Å²) in [4.78, 5) is 4.43. The monoisotopic (exact) mass is 276 g/mol. The Morgan fingerprint density at radius 3 is 2.74 bits per heavy atom. The minimum absolute atomic E-state index is 0.0891. The number of nitrogens with zero attached hydrogens (tertiary/aromatic N) is 1. The van der Waals surface area contributed by atoms with Crippen LogP contribution >= 0.6 is 11.3 Å². The fourth-order valence-corrected chi connectivity index (χ4v) is 2.60. The second-order valence-corrected chi connectivity index (χ2v) is 5.33. The van der Waals surface area contributed by atoms with E-state index in [0.717, 1.165) is 23.6 Å². The first-order valence-corrected chi connectivity index (χ1v) is 7.53. The molecule has 1 atom stereocenters. The van der Waals surface area contributed by atoms with Gasteiger partial charge in [-0.2, -0.15) is 0 Å². The van der Waals surface area contributed by atoms with Crippen molar-refractivity contribution in [1.82, 2.24) is 10.3 Å². The second kappa shape index (κ2) is 6.68. The van der Waals surface area contributed by atoms with E-state index in [1.807, 2.05) is 37.6 Å². The molecule has 1 unspecified atom stereocenters. The average Bonchev–Trinajstić information content (AvgIpc) is 2.90. The molecule has 0 saturated heterocycles. The standard InChI is InChI=1S/C15H20N2OS/c1-4-16-15(13-9-19-10-17-13)12-7-5-6-8-14(12)18-11(2)3/h5-11,15-16H,4H2,1-3H3. The van der Waals surface area contributed by atoms with Gasteiger partial charge >= 0.3 is 0 Å². The maximum atomic E-state index is 5.91. The topological polar surface area (TPSA) is 34.2 Å². The zero-order chi connectivity index (χ0) is 13.7. The number of aromatic nitrogens is 1. The Hall–Kier alpha value is -1.39. The van der Waals surface area contributed by atoms with Crippen LogP contribution in [-0.4, -0.2) is 17.6 Å². The van der Waals surface area contributed by atoms with Crippen LogP contribution in [-0.2, 0) is 0 Å². The fourth-order valence-electron chi connectivity index (χ4n) is 2.02. The molecule has 2 rings (SSSR count). The summed E-state index contributed by atoms with van der Waals surface area (Å²) in [5.74, 6) is 0.927. The largest absolute Gasteiger partial charge is 0.491 e. The quantitative estimate of drug-likeness (QED) is 0.875. The summed E-state index contributed by atoms with van der Waals surface area (Å²) in [6, 6.07) is 8.26. The van der Waals surface area contributed by atoms with Gasteiger partial charge in [-0.05, 0) is 26.5 Å². The Morgan fingerprint density at radius 2 is 2.11 bits per heavy atom. The van der Waals surface area contributed by atoms with Crippen molar-refractivity contribution >= 4 is 11.3 Å². The first-order valence-electron chi connectivity index (χ1n) is 6.59. The molecule has 19 heavy (non-hydrogen) atoms. The highest BCUT2D eigenvalue weighted by Gasteiger charge is 2.19. The number of rotatable bonds is 6. The highest BCUT2D eigenvalue weighted by atomic mass is 32.1. The molecule has 0 radical (unpaired) electrons. The molecule has 0 aliphatic carbocycles. The van der Waals surface area contributed by atoms with Gasteiger partial charge in [0.1, 0.15) is 5.75 Å². The van der Waals surface area contributed by atoms with Crippen LogP contribution in [0, 0.1) is 0 Å². The number of hydrogen-bond acceptors (Lipinski definition) is 4. The van der Waals surface area contributed by atoms with E-state index in [4.69, 9.17) is 4.74 Å². The zero-order valence-electron chi connectivity index (χ0n) is 11.6. The highest BCUT2D eigenvalue weighted by Crippen LogP contribution is 2.30. The molecule has 102 valence electrons. The minimum Gasteiger partial charge on any atom is -0.491 e. The van der Waals surface area contributed by atoms with E-state index in [2.05, 4.69) is 28.7 Å². The van der Waals surface area contributed by atoms with Gasteiger partial charge in [-0.15, -0.1) is 11.3 Å². The molecule has 1 aromatic carbocycles. The lowest BCUT2D eigenvalue weighted by Gasteiger charge is -2.21. The van der Waals surface area contributed by atoms with E-state index < -0.39 is 0 Å². The molecule has 3 nitrogen and oxygen atoms in total. The Labute approximate surface area is 118 Å². The summed E-state index contributed by atoms with van der Waals surface area (Å²) >= 11 is 1.62. The van der Waals surface area contributed by atoms with Crippen molar-refractivity contribution in [2.75, 3.05) is 6.54 Å². The van der Waals surface area contributed by atoms with Gasteiger partial charge in [0.2, 0.25) is 0 Å². The van der Waals surface area contributed by atoms with E-state index in [1.165, 1.54) is 0 Å². The smallest absolute Gasteiger partial charge is 0.124 e. The zero-order valence-corrected chi connectivity index (χ0v) is 12.4. The molecule has 0 aliphatic heterocycles. The van der Waals surface area contributed by atoms with Crippen LogP contribution in [0.4, 0.5) is 0 Å². The molecule has 1 N–H and O–H groups in total. The molecule has 0 saturated carbocycles. The molecule has 2 aromatic rings. The molecular formula is C15H20N2OS. The van der Waals surface area contributed by atoms with Crippen LogP contribution in [0.5, 0.6) is 5.75 Å². The van der Waals surface area contributed by atoms with Crippen molar-refractivity contribution in [3.63, 3.8) is 0 Å². The lowest BCUT2D eigenvalue weighted by Crippen LogP contribution is -2.23. The molecule has 0 amide bonds. The second-order valence-electron chi connectivity index (χ2n) is 4.61. The molecule has 0 aliphatic rings. The third-order valence-electron chi connectivity index (χ3n) is 2.75. The molecule has 4 heteroatoms. The van der Waals surface area contributed by atoms with Crippen molar-refractivity contribution in [3.05, 3.63) is 46.4 Å². The van der Waals surface area contributed by atoms with Gasteiger partial charge in [0, 0.05) is 10.9 Å². The molecule has 1 aromatic heterocycles. The maximum Gasteiger partial charge on any atom is 0.124 e. The maximum absolute atomic E-state index is 5.91. The summed E-state index contributed by atoms with van der Waals surface area (Å²) < 4.78 is 5.91. The van der Waals surface area contributed by atoms with Gasteiger partial charge < -0.3 is 10.1 Å². The van der Waals surface area contributed by atoms with Crippen LogP contribution in [0.3, 0.4) is 0 Å². The summed E-state index contributed by atoms with van der Waals surface area (Å²) in [6.07, 6.45) is 0.166. The van der Waals surface area contributed by atoms with Crippen molar-refractivity contribution in [2.45, 2.75) is 32.9 Å². The molecule has 1 heterocycles. The number of benzene rings is 1. The summed E-state index contributed by atoms with van der Waals surface area (Å²) in [6.45, 7) is 7.08. The van der Waals surface area contributed by atoms with Gasteiger partial charge in [0.25, 0.3) is 0 Å². The lowest BCUT2D eigenvalue weighted by atomic mass is 10.0. The number of ether oxygens (including phenoxy) is 1. The Morgan fingerprint density at radius 1 is 1.32 bits per heavy atom. The van der Waals surface area contributed by atoms with E-state index in [0.29, 0.717) is 0 Å². The van der Waals surface area contributed by atoms with E-state index in [-0.39, 0.29) is 12.1 Å². The predicted molar refractivity (Wildman–Crippen MR) is 79.8 cm³/mol. The van der Waals surface area contributed by atoms with E-state index >= 15 is 0 Å². The molecular weight excluding hydrogens is 256 g/mol. The van der Waals surface area contributed by atoms with Crippen LogP contribution in [0.2, 0.25) is 0 Å². The van der Waals surface area contributed by atoms with Crippen molar-refractivity contribution < 1.29 is 4.74 Å². The fraction of sp³-hybridized carbons (Fsp3) is 0.400. The minimum atomic E-state index is 0.0891. The molecule has 0 bridgehead atoms. The Balaban J connectivity index is 2.36. The lowest BCUT2D eigenvalue weighted by molar-refractivity contribution is 0.238. The van der Waals surface area contributed by atoms with Gasteiger partial charge in [-0.25, -0.2) is 4.98 Å². The van der Waals surface area contributed by atoms with Gasteiger partial charge in [-0.3, -0.25) is 0 Å². The predicted octanol–water partition coefficient (Wildman–Crippen LogP) is 3.63. The van der Waals surface area contributed by atoms with Gasteiger partial charge in [0.15, 0.2) is 0 Å². The first kappa shape index (κ1) is 14.0. The molecule has 0 spiro atoms. The van der Waals surface area contributed by atoms with Crippen LogP contribution in [0.25, 0.3) is 0 Å². The summed E-state index contributed by atoms with van der Waals surface area (Å²) in [5, 5.41) is 5.56. The normalized spacial score (nSPS) is 12.6. The molecule has 0 fully saturated rings. The SMILES string of the molecule is CCNC(c1cscn1)c1ccccc1OC(C)C. The third kappa shape index (κ3) is 3.55. The van der Waals surface area contributed by atoms with Gasteiger partial charge in [-0.1, -0.05) is 25.1 Å². The Kier molecular flexibility index (Phi) is 4.93. The van der Waals surface area contributed by atoms with Crippen LogP contribution in [0.15, 0.2) is 35.2 Å². The number of thiazole rings is 1. The van der Waals surface area contributed by atoms with Crippen molar-refractivity contribution in [2.24, 2.45) is 0 Å².